The standard InChI is InChI=1S/C11H6BrCl2NO2S/c1-17-10(16)8-9(18-11(12)15-8)5-2-3-6(13)7(14)4-5/h2-4H,1H3. The van der Waals surface area contributed by atoms with Gasteiger partial charge in [0.25, 0.3) is 0 Å². The molecule has 1 aromatic heterocycles. The molecule has 7 heteroatoms. The third-order valence-corrected chi connectivity index (χ3v) is 4.46. The summed E-state index contributed by atoms with van der Waals surface area (Å²) in [6, 6.07) is 5.14. The fourth-order valence-corrected chi connectivity index (χ4v) is 3.10. The Bertz CT molecular complexity index is 615. The summed E-state index contributed by atoms with van der Waals surface area (Å²) in [6.45, 7) is 0. The molecule has 0 atom stereocenters. The van der Waals surface area contributed by atoms with Crippen LogP contribution in [0.15, 0.2) is 22.1 Å². The number of methoxy groups -OCH3 is 1. The lowest BCUT2D eigenvalue weighted by Crippen LogP contribution is -2.03. The van der Waals surface area contributed by atoms with E-state index >= 15 is 0 Å². The van der Waals surface area contributed by atoms with Crippen molar-refractivity contribution in [1.29, 1.82) is 0 Å². The molecule has 0 unspecified atom stereocenters. The van der Waals surface area contributed by atoms with E-state index in [9.17, 15) is 4.79 Å². The van der Waals surface area contributed by atoms with Crippen molar-refractivity contribution >= 4 is 56.4 Å². The van der Waals surface area contributed by atoms with Crippen molar-refractivity contribution in [3.05, 3.63) is 37.9 Å². The van der Waals surface area contributed by atoms with Crippen LogP contribution >= 0.6 is 50.5 Å². The molecule has 0 saturated heterocycles. The molecule has 3 nitrogen and oxygen atoms in total. The molecule has 0 radical (unpaired) electrons. The maximum absolute atomic E-state index is 11.6. The third kappa shape index (κ3) is 2.69. The zero-order valence-corrected chi connectivity index (χ0v) is 13.0. The molecule has 0 fully saturated rings. The van der Waals surface area contributed by atoms with E-state index in [1.54, 1.807) is 18.2 Å². The Morgan fingerprint density at radius 1 is 1.39 bits per heavy atom. The molecule has 1 aromatic carbocycles. The van der Waals surface area contributed by atoms with Crippen LogP contribution in [0.5, 0.6) is 0 Å². The highest BCUT2D eigenvalue weighted by molar-refractivity contribution is 9.11. The average Bonchev–Trinajstić information content (AvgIpc) is 2.74. The third-order valence-electron chi connectivity index (χ3n) is 2.16. The number of thiazole rings is 1. The Morgan fingerprint density at radius 3 is 2.72 bits per heavy atom. The van der Waals surface area contributed by atoms with Crippen molar-refractivity contribution in [3.8, 4) is 10.4 Å². The number of hydrogen-bond donors (Lipinski definition) is 0. The van der Waals surface area contributed by atoms with E-state index in [-0.39, 0.29) is 5.69 Å². The van der Waals surface area contributed by atoms with Crippen LogP contribution in [0, 0.1) is 0 Å². The van der Waals surface area contributed by atoms with Gasteiger partial charge in [0.15, 0.2) is 9.61 Å². The van der Waals surface area contributed by atoms with E-state index in [0.29, 0.717) is 18.8 Å². The number of esters is 1. The van der Waals surface area contributed by atoms with Crippen molar-refractivity contribution in [1.82, 2.24) is 4.98 Å². The minimum absolute atomic E-state index is 0.257. The number of carbonyl (C=O) groups excluding carboxylic acids is 1. The Hall–Kier alpha value is -0.620. The highest BCUT2D eigenvalue weighted by Crippen LogP contribution is 2.36. The molecule has 0 aliphatic rings. The van der Waals surface area contributed by atoms with Gasteiger partial charge in [-0.1, -0.05) is 29.3 Å². The number of carbonyl (C=O) groups is 1. The van der Waals surface area contributed by atoms with Crippen molar-refractivity contribution in [2.45, 2.75) is 0 Å². The maximum Gasteiger partial charge on any atom is 0.358 e. The summed E-state index contributed by atoms with van der Waals surface area (Å²) in [5.74, 6) is -0.488. The normalized spacial score (nSPS) is 10.4. The minimum Gasteiger partial charge on any atom is -0.464 e. The largest absolute Gasteiger partial charge is 0.464 e. The van der Waals surface area contributed by atoms with Crippen LogP contribution in [0.25, 0.3) is 10.4 Å². The Labute approximate surface area is 126 Å². The van der Waals surface area contributed by atoms with Crippen LogP contribution in [0.1, 0.15) is 10.5 Å². The smallest absolute Gasteiger partial charge is 0.358 e. The molecule has 0 N–H and O–H groups in total. The van der Waals surface area contributed by atoms with Gasteiger partial charge in [-0.25, -0.2) is 9.78 Å². The molecule has 2 aromatic rings. The van der Waals surface area contributed by atoms with Gasteiger partial charge in [0.1, 0.15) is 0 Å². The zero-order valence-electron chi connectivity index (χ0n) is 9.04. The van der Waals surface area contributed by atoms with Crippen LogP contribution in [0.4, 0.5) is 0 Å². The van der Waals surface area contributed by atoms with Crippen LogP contribution in [-0.2, 0) is 4.74 Å². The summed E-state index contributed by atoms with van der Waals surface area (Å²) in [4.78, 5) is 16.4. The molecule has 18 heavy (non-hydrogen) atoms. The van der Waals surface area contributed by atoms with Crippen molar-refractivity contribution in [3.63, 3.8) is 0 Å². The molecule has 2 rings (SSSR count). The summed E-state index contributed by atoms with van der Waals surface area (Å²) in [5.41, 5.74) is 1.03. The molecular weight excluding hydrogens is 361 g/mol. The quantitative estimate of drug-likeness (QED) is 0.725. The number of nitrogens with zero attached hydrogens (tertiary/aromatic N) is 1. The summed E-state index contributed by atoms with van der Waals surface area (Å²) >= 11 is 16.4. The first-order valence-corrected chi connectivity index (χ1v) is 7.09. The lowest BCUT2D eigenvalue weighted by molar-refractivity contribution is 0.0595. The number of benzene rings is 1. The number of rotatable bonds is 2. The number of halogens is 3. The first-order valence-electron chi connectivity index (χ1n) is 4.73. The van der Waals surface area contributed by atoms with E-state index in [0.717, 1.165) is 5.56 Å². The zero-order chi connectivity index (χ0) is 13.3. The highest BCUT2D eigenvalue weighted by Gasteiger charge is 2.19. The van der Waals surface area contributed by atoms with Crippen molar-refractivity contribution < 1.29 is 9.53 Å². The molecule has 0 amide bonds. The lowest BCUT2D eigenvalue weighted by Gasteiger charge is -2.02. The second kappa shape index (κ2) is 5.57. The van der Waals surface area contributed by atoms with Gasteiger partial charge in [-0.05, 0) is 33.6 Å². The molecule has 0 aliphatic carbocycles. The van der Waals surface area contributed by atoms with Gasteiger partial charge >= 0.3 is 5.97 Å². The monoisotopic (exact) mass is 365 g/mol. The van der Waals surface area contributed by atoms with Gasteiger partial charge in [0.2, 0.25) is 0 Å². The molecule has 0 aliphatic heterocycles. The SMILES string of the molecule is COC(=O)c1nc(Br)sc1-c1ccc(Cl)c(Cl)c1. The second-order valence-electron chi connectivity index (χ2n) is 3.27. The van der Waals surface area contributed by atoms with E-state index < -0.39 is 5.97 Å². The Balaban J connectivity index is 2.56. The summed E-state index contributed by atoms with van der Waals surface area (Å²) < 4.78 is 5.29. The average molecular weight is 367 g/mol. The summed E-state index contributed by atoms with van der Waals surface area (Å²) in [6.07, 6.45) is 0. The topological polar surface area (TPSA) is 39.2 Å². The van der Waals surface area contributed by atoms with E-state index in [1.807, 2.05) is 0 Å². The van der Waals surface area contributed by atoms with Crippen molar-refractivity contribution in [2.75, 3.05) is 7.11 Å². The molecule has 0 bridgehead atoms. The minimum atomic E-state index is -0.488. The molecule has 0 saturated carbocycles. The number of hydrogen-bond acceptors (Lipinski definition) is 4. The van der Waals surface area contributed by atoms with Crippen LogP contribution < -0.4 is 0 Å². The summed E-state index contributed by atoms with van der Waals surface area (Å²) in [5, 5.41) is 0.887. The lowest BCUT2D eigenvalue weighted by atomic mass is 10.1. The van der Waals surface area contributed by atoms with Crippen LogP contribution in [0.2, 0.25) is 10.0 Å². The molecular formula is C11H6BrCl2NO2S. The van der Waals surface area contributed by atoms with Crippen LogP contribution in [-0.4, -0.2) is 18.1 Å². The van der Waals surface area contributed by atoms with Gasteiger partial charge in [-0.2, -0.15) is 0 Å². The maximum atomic E-state index is 11.6. The van der Waals surface area contributed by atoms with E-state index in [2.05, 4.69) is 20.9 Å². The predicted molar refractivity (Wildman–Crippen MR) is 76.6 cm³/mol. The predicted octanol–water partition coefficient (Wildman–Crippen LogP) is 4.67. The molecule has 1 heterocycles. The van der Waals surface area contributed by atoms with Gasteiger partial charge in [0, 0.05) is 0 Å². The Morgan fingerprint density at radius 2 is 2.11 bits per heavy atom. The summed E-state index contributed by atoms with van der Waals surface area (Å²) in [7, 11) is 1.31. The number of aromatic nitrogens is 1. The fourth-order valence-electron chi connectivity index (χ4n) is 1.36. The fraction of sp³-hybridized carbons (Fsp3) is 0.0909. The Kier molecular flexibility index (Phi) is 4.27. The van der Waals surface area contributed by atoms with E-state index in [1.165, 1.54) is 18.4 Å². The highest BCUT2D eigenvalue weighted by atomic mass is 79.9. The van der Waals surface area contributed by atoms with Crippen molar-refractivity contribution in [2.24, 2.45) is 0 Å². The second-order valence-corrected chi connectivity index (χ2v) is 6.35. The van der Waals surface area contributed by atoms with Gasteiger partial charge < -0.3 is 4.74 Å². The van der Waals surface area contributed by atoms with Gasteiger partial charge in [0.05, 0.1) is 22.0 Å². The van der Waals surface area contributed by atoms with Crippen LogP contribution in [0.3, 0.4) is 0 Å². The van der Waals surface area contributed by atoms with Gasteiger partial charge in [-0.15, -0.1) is 11.3 Å². The molecule has 0 spiro atoms. The first kappa shape index (κ1) is 13.8. The van der Waals surface area contributed by atoms with Gasteiger partial charge in [-0.3, -0.25) is 0 Å². The van der Waals surface area contributed by atoms with E-state index in [4.69, 9.17) is 27.9 Å². The molecule has 94 valence electrons. The first-order chi connectivity index (χ1) is 8.52. The number of ether oxygens (including phenoxy) is 1.